The summed E-state index contributed by atoms with van der Waals surface area (Å²) in [6.07, 6.45) is 1.06. The molecule has 19 heavy (non-hydrogen) atoms. The van der Waals surface area contributed by atoms with Crippen molar-refractivity contribution in [3.63, 3.8) is 0 Å². The van der Waals surface area contributed by atoms with Crippen LogP contribution < -0.4 is 5.73 Å². The molecule has 0 aromatic rings. The fraction of sp³-hybridized carbons (Fsp3) is 0.923. The summed E-state index contributed by atoms with van der Waals surface area (Å²) in [6.45, 7) is 6.27. The number of amides is 1. The van der Waals surface area contributed by atoms with Crippen molar-refractivity contribution in [2.24, 2.45) is 5.73 Å². The molecule has 0 radical (unpaired) electrons. The van der Waals surface area contributed by atoms with Crippen molar-refractivity contribution in [1.82, 2.24) is 4.90 Å². The maximum Gasteiger partial charge on any atom is 0.410 e. The Morgan fingerprint density at radius 3 is 2.32 bits per heavy atom. The third-order valence-electron chi connectivity index (χ3n) is 3.84. The molecule has 0 saturated carbocycles. The maximum atomic E-state index is 11.9. The Balaban J connectivity index is 1.92. The molecule has 6 heteroatoms. The zero-order valence-electron chi connectivity index (χ0n) is 11.9. The lowest BCUT2D eigenvalue weighted by atomic mass is 9.71. The van der Waals surface area contributed by atoms with E-state index in [0.717, 1.165) is 11.5 Å². The Hall–Kier alpha value is -0.460. The van der Waals surface area contributed by atoms with Crippen LogP contribution in [0.2, 0.25) is 0 Å². The Labute approximate surface area is 118 Å². The summed E-state index contributed by atoms with van der Waals surface area (Å²) in [4.78, 5) is 13.5. The van der Waals surface area contributed by atoms with Gasteiger partial charge in [-0.2, -0.15) is 11.8 Å². The minimum Gasteiger partial charge on any atom is -0.444 e. The number of carbonyl (C=O) groups excluding carboxylic acids is 1. The molecule has 5 nitrogen and oxygen atoms in total. The zero-order valence-corrected chi connectivity index (χ0v) is 12.8. The zero-order chi connectivity index (χ0) is 14.3. The third kappa shape index (κ3) is 3.01. The van der Waals surface area contributed by atoms with Crippen molar-refractivity contribution < 1.29 is 14.6 Å². The van der Waals surface area contributed by atoms with Gasteiger partial charge in [-0.25, -0.2) is 4.79 Å². The molecule has 0 atom stereocenters. The highest BCUT2D eigenvalue weighted by Crippen LogP contribution is 2.39. The van der Waals surface area contributed by atoms with E-state index in [1.807, 2.05) is 32.5 Å². The van der Waals surface area contributed by atoms with E-state index in [4.69, 9.17) is 10.5 Å². The van der Waals surface area contributed by atoms with Crippen molar-refractivity contribution >= 4 is 17.9 Å². The second kappa shape index (κ2) is 4.82. The van der Waals surface area contributed by atoms with Gasteiger partial charge in [-0.15, -0.1) is 0 Å². The summed E-state index contributed by atoms with van der Waals surface area (Å²) in [5, 5.41) is 10.7. The van der Waals surface area contributed by atoms with Crippen LogP contribution in [0.3, 0.4) is 0 Å². The lowest BCUT2D eigenvalue weighted by molar-refractivity contribution is -0.109. The van der Waals surface area contributed by atoms with E-state index in [2.05, 4.69) is 0 Å². The number of nitrogens with zero attached hydrogens (tertiary/aromatic N) is 1. The molecule has 2 rings (SSSR count). The Morgan fingerprint density at radius 1 is 1.32 bits per heavy atom. The number of thioether (sulfide) groups is 1. The van der Waals surface area contributed by atoms with Crippen LogP contribution in [0.4, 0.5) is 4.79 Å². The molecule has 2 fully saturated rings. The highest BCUT2D eigenvalue weighted by molar-refractivity contribution is 7.99. The molecule has 1 amide bonds. The van der Waals surface area contributed by atoms with Gasteiger partial charge in [0.1, 0.15) is 5.60 Å². The summed E-state index contributed by atoms with van der Waals surface area (Å²) in [7, 11) is 0. The van der Waals surface area contributed by atoms with Gasteiger partial charge in [0, 0.05) is 13.1 Å². The number of aliphatic hydroxyl groups is 1. The van der Waals surface area contributed by atoms with E-state index in [9.17, 15) is 9.90 Å². The quantitative estimate of drug-likeness (QED) is 0.758. The largest absolute Gasteiger partial charge is 0.444 e. The van der Waals surface area contributed by atoms with E-state index >= 15 is 0 Å². The van der Waals surface area contributed by atoms with Gasteiger partial charge in [0.25, 0.3) is 0 Å². The van der Waals surface area contributed by atoms with Gasteiger partial charge >= 0.3 is 6.09 Å². The van der Waals surface area contributed by atoms with Crippen LogP contribution in [0.15, 0.2) is 0 Å². The molecule has 0 aliphatic carbocycles. The van der Waals surface area contributed by atoms with Crippen LogP contribution in [0.25, 0.3) is 0 Å². The number of carbonyl (C=O) groups is 1. The maximum absolute atomic E-state index is 11.9. The normalized spacial score (nSPS) is 25.6. The molecule has 110 valence electrons. The average molecular weight is 288 g/mol. The van der Waals surface area contributed by atoms with Crippen molar-refractivity contribution in [3.8, 4) is 0 Å². The molecule has 0 unspecified atom stereocenters. The van der Waals surface area contributed by atoms with E-state index in [-0.39, 0.29) is 6.09 Å². The number of ether oxygens (including phenoxy) is 1. The van der Waals surface area contributed by atoms with Crippen molar-refractivity contribution in [2.45, 2.75) is 50.4 Å². The Kier molecular flexibility index (Phi) is 3.79. The van der Waals surface area contributed by atoms with E-state index in [0.29, 0.717) is 25.9 Å². The summed E-state index contributed by atoms with van der Waals surface area (Å²) >= 11 is 1.84. The summed E-state index contributed by atoms with van der Waals surface area (Å²) in [5.74, 6) is 1.86. The Bertz CT molecular complexity index is 355. The van der Waals surface area contributed by atoms with Crippen LogP contribution in [0.5, 0.6) is 0 Å². The molecule has 3 N–H and O–H groups in total. The molecule has 2 saturated heterocycles. The van der Waals surface area contributed by atoms with Crippen LogP contribution in [-0.4, -0.2) is 57.4 Å². The Morgan fingerprint density at radius 2 is 1.84 bits per heavy atom. The second-order valence-electron chi connectivity index (χ2n) is 6.64. The number of hydrogen-bond acceptors (Lipinski definition) is 5. The summed E-state index contributed by atoms with van der Waals surface area (Å²) in [6, 6.07) is 0. The first kappa shape index (κ1) is 14.9. The van der Waals surface area contributed by atoms with Gasteiger partial charge in [0.15, 0.2) is 0 Å². The minimum absolute atomic E-state index is 0.345. The monoisotopic (exact) mass is 288 g/mol. The first-order chi connectivity index (χ1) is 8.65. The van der Waals surface area contributed by atoms with E-state index in [1.54, 1.807) is 4.90 Å². The highest BCUT2D eigenvalue weighted by atomic mass is 32.2. The number of hydrogen-bond donors (Lipinski definition) is 2. The van der Waals surface area contributed by atoms with E-state index in [1.165, 1.54) is 0 Å². The fourth-order valence-electron chi connectivity index (χ4n) is 2.59. The second-order valence-corrected chi connectivity index (χ2v) is 7.86. The number of nitrogens with two attached hydrogens (primary N) is 1. The van der Waals surface area contributed by atoms with Gasteiger partial charge in [0.05, 0.1) is 11.1 Å². The third-order valence-corrected chi connectivity index (χ3v) is 4.83. The van der Waals surface area contributed by atoms with Gasteiger partial charge in [0.2, 0.25) is 0 Å². The smallest absolute Gasteiger partial charge is 0.410 e. The summed E-state index contributed by atoms with van der Waals surface area (Å²) < 4.78 is 5.30. The standard InChI is InChI=1S/C13H24N2O3S/c1-11(2,3)18-10(16)15-8-12(14,9-15)13(17)4-6-19-7-5-13/h17H,4-9,14H2,1-3H3. The molecule has 2 heterocycles. The predicted molar refractivity (Wildman–Crippen MR) is 76.2 cm³/mol. The van der Waals surface area contributed by atoms with Crippen LogP contribution in [-0.2, 0) is 4.74 Å². The highest BCUT2D eigenvalue weighted by Gasteiger charge is 2.56. The molecule has 2 aliphatic heterocycles. The average Bonchev–Trinajstić information content (AvgIpc) is 2.23. The molecular formula is C13H24N2O3S. The first-order valence-electron chi connectivity index (χ1n) is 6.72. The molecule has 0 spiro atoms. The minimum atomic E-state index is -0.837. The van der Waals surface area contributed by atoms with Crippen molar-refractivity contribution in [2.75, 3.05) is 24.6 Å². The van der Waals surface area contributed by atoms with Crippen LogP contribution in [0, 0.1) is 0 Å². The molecule has 2 aliphatic rings. The molecule has 0 bridgehead atoms. The summed E-state index contributed by atoms with van der Waals surface area (Å²) in [5.41, 5.74) is 4.29. The van der Waals surface area contributed by atoms with Gasteiger partial charge in [-0.3, -0.25) is 0 Å². The van der Waals surface area contributed by atoms with E-state index < -0.39 is 16.7 Å². The van der Waals surface area contributed by atoms with Gasteiger partial charge in [-0.1, -0.05) is 0 Å². The molecule has 0 aromatic heterocycles. The van der Waals surface area contributed by atoms with Crippen LogP contribution in [0.1, 0.15) is 33.6 Å². The van der Waals surface area contributed by atoms with Gasteiger partial charge < -0.3 is 20.5 Å². The van der Waals surface area contributed by atoms with Gasteiger partial charge in [-0.05, 0) is 45.1 Å². The lowest BCUT2D eigenvalue weighted by Gasteiger charge is -2.56. The molecular weight excluding hydrogens is 264 g/mol. The molecule has 0 aromatic carbocycles. The topological polar surface area (TPSA) is 75.8 Å². The van der Waals surface area contributed by atoms with Crippen molar-refractivity contribution in [1.29, 1.82) is 0 Å². The SMILES string of the molecule is CC(C)(C)OC(=O)N1CC(N)(C2(O)CCSCC2)C1. The first-order valence-corrected chi connectivity index (χ1v) is 7.88. The number of likely N-dealkylation sites (tertiary alicyclic amines) is 1. The van der Waals surface area contributed by atoms with Crippen molar-refractivity contribution in [3.05, 3.63) is 0 Å². The predicted octanol–water partition coefficient (Wildman–Crippen LogP) is 1.19. The fourth-order valence-corrected chi connectivity index (χ4v) is 3.76. The number of rotatable bonds is 1. The van der Waals surface area contributed by atoms with Crippen LogP contribution >= 0.6 is 11.8 Å². The lowest BCUT2D eigenvalue weighted by Crippen LogP contribution is -2.79.